The maximum atomic E-state index is 12.9. The highest BCUT2D eigenvalue weighted by molar-refractivity contribution is 8.00. The van der Waals surface area contributed by atoms with E-state index >= 15 is 0 Å². The molecule has 1 saturated carbocycles. The fourth-order valence-electron chi connectivity index (χ4n) is 3.71. The van der Waals surface area contributed by atoms with E-state index in [2.05, 4.69) is 17.2 Å². The fraction of sp³-hybridized carbons (Fsp3) is 0.571. The number of hydrogen-bond acceptors (Lipinski definition) is 5. The predicted molar refractivity (Wildman–Crippen MR) is 113 cm³/mol. The number of rotatable bonds is 7. The van der Waals surface area contributed by atoms with Gasteiger partial charge in [0.2, 0.25) is 5.91 Å². The van der Waals surface area contributed by atoms with Crippen molar-refractivity contribution in [3.63, 3.8) is 0 Å². The summed E-state index contributed by atoms with van der Waals surface area (Å²) in [6.45, 7) is 4.42. The second-order valence-corrected chi connectivity index (χ2v) is 8.89. The quantitative estimate of drug-likeness (QED) is 0.548. The lowest BCUT2D eigenvalue weighted by molar-refractivity contribution is -0.121. The number of nitrogens with zero attached hydrogens (tertiary/aromatic N) is 2. The number of amides is 1. The largest absolute Gasteiger partial charge is 0.396 e. The molecule has 0 saturated heterocycles. The van der Waals surface area contributed by atoms with Crippen LogP contribution in [0.3, 0.4) is 0 Å². The molecule has 2 N–H and O–H groups in total. The molecule has 1 heterocycles. The van der Waals surface area contributed by atoms with Gasteiger partial charge in [0.25, 0.3) is 5.56 Å². The molecule has 1 aliphatic rings. The normalized spacial score (nSPS) is 20.8. The van der Waals surface area contributed by atoms with Gasteiger partial charge in [-0.15, -0.1) is 0 Å². The molecule has 0 radical (unpaired) electrons. The van der Waals surface area contributed by atoms with Crippen LogP contribution in [0.2, 0.25) is 0 Å². The van der Waals surface area contributed by atoms with Gasteiger partial charge in [0, 0.05) is 19.2 Å². The van der Waals surface area contributed by atoms with Crippen molar-refractivity contribution in [1.29, 1.82) is 0 Å². The Kier molecular flexibility index (Phi) is 7.13. The summed E-state index contributed by atoms with van der Waals surface area (Å²) in [7, 11) is 0. The van der Waals surface area contributed by atoms with Crippen LogP contribution < -0.4 is 10.9 Å². The number of nitrogens with one attached hydrogen (secondary N) is 1. The minimum Gasteiger partial charge on any atom is -0.396 e. The van der Waals surface area contributed by atoms with Gasteiger partial charge >= 0.3 is 0 Å². The number of carbonyl (C=O) groups is 1. The molecule has 1 aromatic carbocycles. The lowest BCUT2D eigenvalue weighted by Crippen LogP contribution is -2.44. The van der Waals surface area contributed by atoms with Crippen molar-refractivity contribution in [3.05, 3.63) is 34.6 Å². The van der Waals surface area contributed by atoms with Crippen LogP contribution in [0.5, 0.6) is 0 Å². The van der Waals surface area contributed by atoms with Crippen molar-refractivity contribution in [3.8, 4) is 0 Å². The van der Waals surface area contributed by atoms with Crippen LogP contribution in [0.15, 0.2) is 34.2 Å². The van der Waals surface area contributed by atoms with Gasteiger partial charge in [-0.25, -0.2) is 4.98 Å². The second-order valence-electron chi connectivity index (χ2n) is 7.58. The number of fused-ring (bicyclic) bond motifs is 1. The van der Waals surface area contributed by atoms with E-state index in [1.165, 1.54) is 18.2 Å². The van der Waals surface area contributed by atoms with E-state index < -0.39 is 0 Å². The highest BCUT2D eigenvalue weighted by Gasteiger charge is 2.26. The van der Waals surface area contributed by atoms with Gasteiger partial charge in [-0.1, -0.05) is 43.7 Å². The Labute approximate surface area is 169 Å². The van der Waals surface area contributed by atoms with Crippen LogP contribution in [0.25, 0.3) is 10.9 Å². The lowest BCUT2D eigenvalue weighted by atomic mass is 9.86. The van der Waals surface area contributed by atoms with Gasteiger partial charge in [-0.05, 0) is 44.2 Å². The van der Waals surface area contributed by atoms with E-state index in [0.717, 1.165) is 19.3 Å². The number of hydrogen-bond donors (Lipinski definition) is 2. The molecule has 1 aliphatic carbocycles. The van der Waals surface area contributed by atoms with E-state index in [1.807, 2.05) is 25.1 Å². The number of aliphatic hydroxyl groups is 1. The molecule has 2 aromatic rings. The Morgan fingerprint density at radius 1 is 1.36 bits per heavy atom. The average molecular weight is 404 g/mol. The first-order valence-electron chi connectivity index (χ1n) is 10.1. The van der Waals surface area contributed by atoms with E-state index in [4.69, 9.17) is 0 Å². The van der Waals surface area contributed by atoms with Crippen molar-refractivity contribution in [2.75, 3.05) is 6.61 Å². The number of aliphatic hydroxyl groups excluding tert-OH is 1. The van der Waals surface area contributed by atoms with Gasteiger partial charge in [0.15, 0.2) is 5.16 Å². The van der Waals surface area contributed by atoms with E-state index in [0.29, 0.717) is 34.9 Å². The van der Waals surface area contributed by atoms with Crippen LogP contribution in [0.1, 0.15) is 46.0 Å². The van der Waals surface area contributed by atoms with Gasteiger partial charge in [0.05, 0.1) is 16.2 Å². The Bertz CT molecular complexity index is 883. The van der Waals surface area contributed by atoms with Gasteiger partial charge in [-0.2, -0.15) is 0 Å². The van der Waals surface area contributed by atoms with Crippen molar-refractivity contribution >= 4 is 28.6 Å². The van der Waals surface area contributed by atoms with Crippen molar-refractivity contribution in [2.45, 2.75) is 68.9 Å². The summed E-state index contributed by atoms with van der Waals surface area (Å²) in [5.74, 6) is 0.483. The van der Waals surface area contributed by atoms with Crippen molar-refractivity contribution < 1.29 is 9.90 Å². The van der Waals surface area contributed by atoms with E-state index in [-0.39, 0.29) is 29.4 Å². The molecular formula is C21H29N3O3S. The molecule has 7 heteroatoms. The SMILES string of the molecule is CC(Sc1nc2ccccc2c(=O)n1CCCO)C(=O)NC1CCCCC1C. The smallest absolute Gasteiger partial charge is 0.262 e. The number of benzene rings is 1. The molecule has 28 heavy (non-hydrogen) atoms. The fourth-order valence-corrected chi connectivity index (χ4v) is 4.65. The van der Waals surface area contributed by atoms with Crippen molar-refractivity contribution in [1.82, 2.24) is 14.9 Å². The number of carbonyl (C=O) groups excluding carboxylic acids is 1. The number of thioether (sulfide) groups is 1. The van der Waals surface area contributed by atoms with Crippen molar-refractivity contribution in [2.24, 2.45) is 5.92 Å². The maximum absolute atomic E-state index is 12.9. The highest BCUT2D eigenvalue weighted by atomic mass is 32.2. The zero-order valence-corrected chi connectivity index (χ0v) is 17.4. The monoisotopic (exact) mass is 403 g/mol. The van der Waals surface area contributed by atoms with E-state index in [9.17, 15) is 14.7 Å². The summed E-state index contributed by atoms with van der Waals surface area (Å²) in [6.07, 6.45) is 5.03. The number of aromatic nitrogens is 2. The molecule has 0 aliphatic heterocycles. The van der Waals surface area contributed by atoms with Crippen LogP contribution >= 0.6 is 11.8 Å². The molecule has 0 spiro atoms. The lowest BCUT2D eigenvalue weighted by Gasteiger charge is -2.30. The van der Waals surface area contributed by atoms with Crippen LogP contribution in [-0.4, -0.2) is 38.5 Å². The Hall–Kier alpha value is -1.86. The standard InChI is InChI=1S/C21H29N3O3S/c1-14-8-3-5-10-17(14)22-19(26)15(2)28-21-23-18-11-6-4-9-16(18)20(27)24(21)12-7-13-25/h4,6,9,11,14-15,17,25H,3,5,7-8,10,12-13H2,1-2H3,(H,22,26). The molecule has 3 atom stereocenters. The Morgan fingerprint density at radius 3 is 2.86 bits per heavy atom. The molecule has 6 nitrogen and oxygen atoms in total. The summed E-state index contributed by atoms with van der Waals surface area (Å²) >= 11 is 1.31. The first-order valence-corrected chi connectivity index (χ1v) is 11.0. The third-order valence-electron chi connectivity index (χ3n) is 5.46. The van der Waals surface area contributed by atoms with E-state index in [1.54, 1.807) is 10.6 Å². The molecule has 3 unspecified atom stereocenters. The zero-order chi connectivity index (χ0) is 20.1. The third-order valence-corrected chi connectivity index (χ3v) is 6.55. The topological polar surface area (TPSA) is 84.2 Å². The molecule has 1 aromatic heterocycles. The Balaban J connectivity index is 1.81. The van der Waals surface area contributed by atoms with Gasteiger partial charge in [-0.3, -0.25) is 14.2 Å². The van der Waals surface area contributed by atoms with Gasteiger partial charge in [0.1, 0.15) is 0 Å². The summed E-state index contributed by atoms with van der Waals surface area (Å²) in [6, 6.07) is 7.46. The summed E-state index contributed by atoms with van der Waals surface area (Å²) in [4.78, 5) is 30.3. The highest BCUT2D eigenvalue weighted by Crippen LogP contribution is 2.26. The average Bonchev–Trinajstić information content (AvgIpc) is 2.69. The minimum atomic E-state index is -0.359. The Morgan fingerprint density at radius 2 is 2.11 bits per heavy atom. The third kappa shape index (κ3) is 4.75. The van der Waals surface area contributed by atoms with Crippen LogP contribution in [-0.2, 0) is 11.3 Å². The maximum Gasteiger partial charge on any atom is 0.262 e. The summed E-state index contributed by atoms with van der Waals surface area (Å²) in [5, 5.41) is 13.1. The summed E-state index contributed by atoms with van der Waals surface area (Å²) < 4.78 is 1.58. The van der Waals surface area contributed by atoms with Crippen LogP contribution in [0.4, 0.5) is 0 Å². The molecule has 1 fully saturated rings. The van der Waals surface area contributed by atoms with Gasteiger partial charge < -0.3 is 10.4 Å². The predicted octanol–water partition coefficient (Wildman–Crippen LogP) is 2.95. The molecule has 1 amide bonds. The molecular weight excluding hydrogens is 374 g/mol. The first kappa shape index (κ1) is 20.9. The minimum absolute atomic E-state index is 0.00101. The molecule has 0 bridgehead atoms. The second kappa shape index (κ2) is 9.56. The number of para-hydroxylation sites is 1. The molecule has 152 valence electrons. The first-order chi connectivity index (χ1) is 13.5. The van der Waals surface area contributed by atoms with Crippen LogP contribution in [0, 0.1) is 5.92 Å². The molecule has 3 rings (SSSR count). The zero-order valence-electron chi connectivity index (χ0n) is 16.6. The summed E-state index contributed by atoms with van der Waals surface area (Å²) in [5.41, 5.74) is 0.499.